The summed E-state index contributed by atoms with van der Waals surface area (Å²) in [5.41, 5.74) is 2.85. The number of hydrogen-bond donors (Lipinski definition) is 3. The number of anilines is 1. The molecule has 0 saturated heterocycles. The SMILES string of the molecule is CCNC(=O)Nc1cc2c(-c3ccncc3)ccc(CNC(=O)OC(C)C)c2cn1. The maximum atomic E-state index is 11.9. The number of fused-ring (bicyclic) bond motifs is 1. The summed E-state index contributed by atoms with van der Waals surface area (Å²) in [6, 6.07) is 9.29. The van der Waals surface area contributed by atoms with E-state index in [0.29, 0.717) is 18.9 Å². The standard InChI is InChI=1S/C22H25N5O3/c1-4-24-21(28)27-20-11-18-17(15-7-9-23-10-8-15)6-5-16(19(18)13-25-20)12-26-22(29)30-14(2)3/h5-11,13-14H,4,12H2,1-3H3,(H,26,29)(H2,24,25,27,28). The van der Waals surface area contributed by atoms with E-state index in [1.54, 1.807) is 32.4 Å². The maximum absolute atomic E-state index is 11.9. The molecule has 0 saturated carbocycles. The summed E-state index contributed by atoms with van der Waals surface area (Å²) >= 11 is 0. The van der Waals surface area contributed by atoms with Gasteiger partial charge in [0.2, 0.25) is 0 Å². The summed E-state index contributed by atoms with van der Waals surface area (Å²) in [7, 11) is 0. The van der Waals surface area contributed by atoms with Crippen LogP contribution in [0.3, 0.4) is 0 Å². The Labute approximate surface area is 175 Å². The van der Waals surface area contributed by atoms with Crippen molar-refractivity contribution in [2.24, 2.45) is 0 Å². The summed E-state index contributed by atoms with van der Waals surface area (Å²) in [5.74, 6) is 0.438. The van der Waals surface area contributed by atoms with Gasteiger partial charge in [0.15, 0.2) is 0 Å². The van der Waals surface area contributed by atoms with Gasteiger partial charge in [-0.25, -0.2) is 14.6 Å². The Hall–Kier alpha value is -3.68. The average molecular weight is 407 g/mol. The van der Waals surface area contributed by atoms with Crippen molar-refractivity contribution >= 4 is 28.7 Å². The molecule has 3 rings (SSSR count). The second-order valence-electron chi connectivity index (χ2n) is 6.92. The van der Waals surface area contributed by atoms with E-state index < -0.39 is 6.09 Å². The molecule has 0 aliphatic heterocycles. The number of aromatic nitrogens is 2. The smallest absolute Gasteiger partial charge is 0.407 e. The molecule has 156 valence electrons. The predicted molar refractivity (Wildman–Crippen MR) is 116 cm³/mol. The van der Waals surface area contributed by atoms with Gasteiger partial charge in [0.25, 0.3) is 0 Å². The fraction of sp³-hybridized carbons (Fsp3) is 0.273. The van der Waals surface area contributed by atoms with Gasteiger partial charge in [0, 0.05) is 37.1 Å². The van der Waals surface area contributed by atoms with Gasteiger partial charge in [0.1, 0.15) is 5.82 Å². The van der Waals surface area contributed by atoms with Gasteiger partial charge in [-0.3, -0.25) is 10.3 Å². The number of nitrogens with one attached hydrogen (secondary N) is 3. The molecular weight excluding hydrogens is 382 g/mol. The van der Waals surface area contributed by atoms with Crippen LogP contribution < -0.4 is 16.0 Å². The molecule has 0 atom stereocenters. The normalized spacial score (nSPS) is 10.7. The second kappa shape index (κ2) is 9.69. The van der Waals surface area contributed by atoms with E-state index in [1.165, 1.54) is 0 Å². The lowest BCUT2D eigenvalue weighted by Gasteiger charge is -2.14. The molecule has 0 radical (unpaired) electrons. The number of amides is 3. The predicted octanol–water partition coefficient (Wildman–Crippen LogP) is 4.07. The minimum Gasteiger partial charge on any atom is -0.447 e. The van der Waals surface area contributed by atoms with Crippen molar-refractivity contribution in [1.82, 2.24) is 20.6 Å². The van der Waals surface area contributed by atoms with Crippen molar-refractivity contribution in [1.29, 1.82) is 0 Å². The third kappa shape index (κ3) is 5.22. The highest BCUT2D eigenvalue weighted by Gasteiger charge is 2.12. The first-order valence-corrected chi connectivity index (χ1v) is 9.79. The molecule has 0 fully saturated rings. The molecule has 0 unspecified atom stereocenters. The number of urea groups is 1. The Morgan fingerprint density at radius 2 is 1.83 bits per heavy atom. The van der Waals surface area contributed by atoms with Crippen LogP contribution in [-0.4, -0.2) is 34.7 Å². The van der Waals surface area contributed by atoms with E-state index in [0.717, 1.165) is 27.5 Å². The number of benzene rings is 1. The van der Waals surface area contributed by atoms with Crippen LogP contribution in [0.15, 0.2) is 48.9 Å². The maximum Gasteiger partial charge on any atom is 0.407 e. The van der Waals surface area contributed by atoms with Crippen molar-refractivity contribution in [2.75, 3.05) is 11.9 Å². The van der Waals surface area contributed by atoms with Gasteiger partial charge < -0.3 is 15.4 Å². The molecular formula is C22H25N5O3. The van der Waals surface area contributed by atoms with Crippen LogP contribution in [0.2, 0.25) is 0 Å². The van der Waals surface area contributed by atoms with Crippen LogP contribution in [0.1, 0.15) is 26.3 Å². The Kier molecular flexibility index (Phi) is 6.79. The van der Waals surface area contributed by atoms with Gasteiger partial charge in [-0.15, -0.1) is 0 Å². The number of carbonyl (C=O) groups excluding carboxylic acids is 2. The quantitative estimate of drug-likeness (QED) is 0.571. The van der Waals surface area contributed by atoms with E-state index in [9.17, 15) is 9.59 Å². The monoisotopic (exact) mass is 407 g/mol. The molecule has 8 heteroatoms. The zero-order valence-corrected chi connectivity index (χ0v) is 17.2. The van der Waals surface area contributed by atoms with E-state index in [2.05, 4.69) is 25.9 Å². The lowest BCUT2D eigenvalue weighted by atomic mass is 9.96. The fourth-order valence-corrected chi connectivity index (χ4v) is 3.05. The highest BCUT2D eigenvalue weighted by Crippen LogP contribution is 2.31. The first-order chi connectivity index (χ1) is 14.5. The zero-order chi connectivity index (χ0) is 21.5. The van der Waals surface area contributed by atoms with Crippen molar-refractivity contribution < 1.29 is 14.3 Å². The largest absolute Gasteiger partial charge is 0.447 e. The van der Waals surface area contributed by atoms with E-state index in [1.807, 2.05) is 37.3 Å². The molecule has 0 aliphatic rings. The molecule has 3 aromatic rings. The third-order valence-electron chi connectivity index (χ3n) is 4.33. The zero-order valence-electron chi connectivity index (χ0n) is 17.2. The van der Waals surface area contributed by atoms with E-state index in [4.69, 9.17) is 4.74 Å². The number of rotatable bonds is 6. The second-order valence-corrected chi connectivity index (χ2v) is 6.92. The van der Waals surface area contributed by atoms with Crippen molar-refractivity contribution in [3.05, 3.63) is 54.5 Å². The molecule has 8 nitrogen and oxygen atoms in total. The van der Waals surface area contributed by atoms with E-state index in [-0.39, 0.29) is 12.1 Å². The molecule has 3 N–H and O–H groups in total. The van der Waals surface area contributed by atoms with Crippen molar-refractivity contribution in [3.63, 3.8) is 0 Å². The van der Waals surface area contributed by atoms with Crippen LogP contribution in [0, 0.1) is 0 Å². The molecule has 3 amide bonds. The van der Waals surface area contributed by atoms with Gasteiger partial charge in [0.05, 0.1) is 6.10 Å². The Morgan fingerprint density at radius 1 is 1.07 bits per heavy atom. The molecule has 2 heterocycles. The highest BCUT2D eigenvalue weighted by molar-refractivity contribution is 6.00. The molecule has 30 heavy (non-hydrogen) atoms. The number of alkyl carbamates (subject to hydrolysis) is 1. The summed E-state index contributed by atoms with van der Waals surface area (Å²) in [6.45, 7) is 6.25. The topological polar surface area (TPSA) is 105 Å². The Morgan fingerprint density at radius 3 is 2.53 bits per heavy atom. The lowest BCUT2D eigenvalue weighted by Crippen LogP contribution is -2.28. The minimum absolute atomic E-state index is 0.194. The first-order valence-electron chi connectivity index (χ1n) is 9.79. The summed E-state index contributed by atoms with van der Waals surface area (Å²) in [6.07, 6.45) is 4.49. The third-order valence-corrected chi connectivity index (χ3v) is 4.33. The number of ether oxygens (including phenoxy) is 1. The van der Waals surface area contributed by atoms with E-state index >= 15 is 0 Å². The molecule has 0 spiro atoms. The average Bonchev–Trinajstić information content (AvgIpc) is 2.72. The molecule has 2 aromatic heterocycles. The van der Waals surface area contributed by atoms with Gasteiger partial charge >= 0.3 is 12.1 Å². The van der Waals surface area contributed by atoms with Crippen molar-refractivity contribution in [2.45, 2.75) is 33.4 Å². The number of nitrogens with zero attached hydrogens (tertiary/aromatic N) is 2. The number of hydrogen-bond acceptors (Lipinski definition) is 5. The number of pyridine rings is 2. The lowest BCUT2D eigenvalue weighted by molar-refractivity contribution is 0.115. The van der Waals surface area contributed by atoms with Gasteiger partial charge in [-0.2, -0.15) is 0 Å². The Bertz CT molecular complexity index is 1040. The van der Waals surface area contributed by atoms with Gasteiger partial charge in [-0.1, -0.05) is 12.1 Å². The fourth-order valence-electron chi connectivity index (χ4n) is 3.05. The van der Waals surface area contributed by atoms with Crippen LogP contribution in [-0.2, 0) is 11.3 Å². The van der Waals surface area contributed by atoms with Crippen LogP contribution >= 0.6 is 0 Å². The minimum atomic E-state index is -0.473. The van der Waals surface area contributed by atoms with Crippen LogP contribution in [0.4, 0.5) is 15.4 Å². The Balaban J connectivity index is 1.99. The molecule has 0 aliphatic carbocycles. The van der Waals surface area contributed by atoms with Crippen molar-refractivity contribution in [3.8, 4) is 11.1 Å². The summed E-state index contributed by atoms with van der Waals surface area (Å²) in [5, 5.41) is 9.97. The molecule has 1 aromatic carbocycles. The number of carbonyl (C=O) groups is 2. The summed E-state index contributed by atoms with van der Waals surface area (Å²) < 4.78 is 5.14. The van der Waals surface area contributed by atoms with Crippen LogP contribution in [0.25, 0.3) is 21.9 Å². The summed E-state index contributed by atoms with van der Waals surface area (Å²) in [4.78, 5) is 32.2. The highest BCUT2D eigenvalue weighted by atomic mass is 16.6. The first kappa shape index (κ1) is 21.0. The molecule has 0 bridgehead atoms. The van der Waals surface area contributed by atoms with Crippen LogP contribution in [0.5, 0.6) is 0 Å². The van der Waals surface area contributed by atoms with Gasteiger partial charge in [-0.05, 0) is 61.0 Å².